The van der Waals surface area contributed by atoms with Crippen molar-refractivity contribution in [2.24, 2.45) is 0 Å². The van der Waals surface area contributed by atoms with E-state index in [4.69, 9.17) is 27.9 Å². The maximum atomic E-state index is 12.9. The predicted octanol–water partition coefficient (Wildman–Crippen LogP) is 6.83. The quantitative estimate of drug-likeness (QED) is 0.363. The molecule has 0 bridgehead atoms. The minimum Gasteiger partial charge on any atom is -0.489 e. The van der Waals surface area contributed by atoms with Gasteiger partial charge in [0, 0.05) is 11.3 Å². The molecule has 0 aromatic heterocycles. The second-order valence-electron chi connectivity index (χ2n) is 6.10. The summed E-state index contributed by atoms with van der Waals surface area (Å²) in [6.45, 7) is 0.340. The molecule has 144 valence electrons. The minimum absolute atomic E-state index is 0.0511. The zero-order valence-electron chi connectivity index (χ0n) is 14.8. The zero-order valence-corrected chi connectivity index (χ0v) is 17.2. The van der Waals surface area contributed by atoms with Crippen LogP contribution in [0.3, 0.4) is 0 Å². The lowest BCUT2D eigenvalue weighted by Crippen LogP contribution is -2.03. The molecule has 0 N–H and O–H groups in total. The highest BCUT2D eigenvalue weighted by molar-refractivity contribution is 7.99. The highest BCUT2D eigenvalue weighted by atomic mass is 35.5. The van der Waals surface area contributed by atoms with Crippen molar-refractivity contribution in [1.29, 1.82) is 0 Å². The second-order valence-corrected chi connectivity index (χ2v) is 7.90. The summed E-state index contributed by atoms with van der Waals surface area (Å²) in [5.41, 5.74) is 2.53. The molecule has 6 heteroatoms. The number of carbonyl (C=O) groups is 1. The second kappa shape index (κ2) is 9.97. The number of thioether (sulfide) groups is 1. The van der Waals surface area contributed by atoms with Gasteiger partial charge in [-0.25, -0.2) is 4.39 Å². The van der Waals surface area contributed by atoms with Crippen molar-refractivity contribution >= 4 is 40.7 Å². The van der Waals surface area contributed by atoms with Crippen LogP contribution in [0, 0.1) is 5.82 Å². The van der Waals surface area contributed by atoms with Crippen LogP contribution in [0.2, 0.25) is 10.0 Å². The van der Waals surface area contributed by atoms with E-state index in [0.29, 0.717) is 39.5 Å². The predicted molar refractivity (Wildman–Crippen MR) is 114 cm³/mol. The van der Waals surface area contributed by atoms with Gasteiger partial charge in [-0.2, -0.15) is 0 Å². The van der Waals surface area contributed by atoms with Gasteiger partial charge < -0.3 is 4.74 Å². The molecule has 0 aliphatic rings. The number of ketones is 1. The molecule has 0 unspecified atom stereocenters. The molecule has 0 saturated carbocycles. The first-order valence-corrected chi connectivity index (χ1v) is 10.4. The topological polar surface area (TPSA) is 26.3 Å². The number of carbonyl (C=O) groups excluding carboxylic acids is 1. The first kappa shape index (κ1) is 20.7. The van der Waals surface area contributed by atoms with E-state index in [2.05, 4.69) is 0 Å². The van der Waals surface area contributed by atoms with Crippen molar-refractivity contribution in [2.75, 3.05) is 5.75 Å². The van der Waals surface area contributed by atoms with Gasteiger partial charge in [-0.05, 0) is 59.7 Å². The zero-order chi connectivity index (χ0) is 19.9. The molecule has 3 aromatic carbocycles. The van der Waals surface area contributed by atoms with Gasteiger partial charge in [0.25, 0.3) is 0 Å². The van der Waals surface area contributed by atoms with E-state index in [-0.39, 0.29) is 11.6 Å². The van der Waals surface area contributed by atoms with Crippen LogP contribution in [0.15, 0.2) is 66.7 Å². The van der Waals surface area contributed by atoms with Crippen molar-refractivity contribution in [3.8, 4) is 5.75 Å². The molecule has 0 heterocycles. The van der Waals surface area contributed by atoms with Gasteiger partial charge in [-0.15, -0.1) is 11.8 Å². The molecule has 0 saturated heterocycles. The van der Waals surface area contributed by atoms with Crippen LogP contribution in [0.4, 0.5) is 4.39 Å². The number of hydrogen-bond donors (Lipinski definition) is 0. The number of Topliss-reactive ketones (excluding diaryl/α,β-unsaturated/α-hetero) is 1. The molecule has 2 nitrogen and oxygen atoms in total. The maximum Gasteiger partial charge on any atom is 0.172 e. The van der Waals surface area contributed by atoms with E-state index < -0.39 is 0 Å². The fraction of sp³-hybridized carbons (Fsp3) is 0.136. The largest absolute Gasteiger partial charge is 0.489 e. The summed E-state index contributed by atoms with van der Waals surface area (Å²) < 4.78 is 18.6. The molecule has 0 aliphatic carbocycles. The Labute approximate surface area is 177 Å². The van der Waals surface area contributed by atoms with Crippen LogP contribution in [0.25, 0.3) is 0 Å². The van der Waals surface area contributed by atoms with Gasteiger partial charge in [0.1, 0.15) is 18.2 Å². The molecule has 28 heavy (non-hydrogen) atoms. The SMILES string of the molecule is O=C(CSCc1ccc(Cl)c(Cl)c1)c1ccc(OCc2ccc(F)cc2)cc1. The summed E-state index contributed by atoms with van der Waals surface area (Å²) >= 11 is 13.4. The number of halogens is 3. The minimum atomic E-state index is -0.274. The Hall–Kier alpha value is -2.01. The number of rotatable bonds is 8. The molecule has 3 aromatic rings. The Morgan fingerprint density at radius 2 is 1.57 bits per heavy atom. The Morgan fingerprint density at radius 3 is 2.25 bits per heavy atom. The average molecular weight is 435 g/mol. The first-order valence-electron chi connectivity index (χ1n) is 8.53. The van der Waals surface area contributed by atoms with Gasteiger partial charge in [0.15, 0.2) is 5.78 Å². The van der Waals surface area contributed by atoms with E-state index >= 15 is 0 Å². The van der Waals surface area contributed by atoms with Crippen molar-refractivity contribution < 1.29 is 13.9 Å². The molecule has 0 spiro atoms. The van der Waals surface area contributed by atoms with Crippen molar-refractivity contribution in [3.05, 3.63) is 99.3 Å². The summed E-state index contributed by atoms with van der Waals surface area (Å²) in [5.74, 6) is 1.49. The molecule has 0 atom stereocenters. The highest BCUT2D eigenvalue weighted by Gasteiger charge is 2.07. The van der Waals surface area contributed by atoms with E-state index in [1.165, 1.54) is 23.9 Å². The Morgan fingerprint density at radius 1 is 0.893 bits per heavy atom. The van der Waals surface area contributed by atoms with E-state index in [0.717, 1.165) is 11.1 Å². The van der Waals surface area contributed by atoms with Crippen molar-refractivity contribution in [2.45, 2.75) is 12.4 Å². The number of hydrogen-bond acceptors (Lipinski definition) is 3. The Kier molecular flexibility index (Phi) is 7.37. The molecule has 0 aliphatic heterocycles. The van der Waals surface area contributed by atoms with Crippen LogP contribution in [0.1, 0.15) is 21.5 Å². The number of ether oxygens (including phenoxy) is 1. The third-order valence-corrected chi connectivity index (χ3v) is 5.72. The Bertz CT molecular complexity index is 944. The van der Waals surface area contributed by atoms with E-state index in [9.17, 15) is 9.18 Å². The third-order valence-electron chi connectivity index (χ3n) is 3.98. The molecule has 0 radical (unpaired) electrons. The monoisotopic (exact) mass is 434 g/mol. The molecule has 0 fully saturated rings. The fourth-order valence-electron chi connectivity index (χ4n) is 2.46. The lowest BCUT2D eigenvalue weighted by atomic mass is 10.1. The smallest absolute Gasteiger partial charge is 0.172 e. The Balaban J connectivity index is 1.47. The molecular weight excluding hydrogens is 418 g/mol. The van der Waals surface area contributed by atoms with E-state index in [1.807, 2.05) is 12.1 Å². The standard InChI is InChI=1S/C22H17Cl2FO2S/c23-20-10-3-16(11-21(20)24)13-28-14-22(26)17-4-8-19(9-5-17)27-12-15-1-6-18(25)7-2-15/h1-11H,12-14H2. The summed E-state index contributed by atoms with van der Waals surface area (Å²) in [5, 5.41) is 1.04. The van der Waals surface area contributed by atoms with Crippen LogP contribution in [-0.4, -0.2) is 11.5 Å². The summed E-state index contributed by atoms with van der Waals surface area (Å²) in [4.78, 5) is 12.3. The first-order chi connectivity index (χ1) is 13.5. The maximum absolute atomic E-state index is 12.9. The fourth-order valence-corrected chi connectivity index (χ4v) is 3.65. The lowest BCUT2D eigenvalue weighted by molar-refractivity contribution is 0.102. The lowest BCUT2D eigenvalue weighted by Gasteiger charge is -2.07. The molecule has 3 rings (SSSR count). The van der Waals surface area contributed by atoms with Crippen LogP contribution < -0.4 is 4.74 Å². The van der Waals surface area contributed by atoms with E-state index in [1.54, 1.807) is 42.5 Å². The summed E-state index contributed by atoms with van der Waals surface area (Å²) in [6.07, 6.45) is 0. The summed E-state index contributed by atoms with van der Waals surface area (Å²) in [6, 6.07) is 18.7. The van der Waals surface area contributed by atoms with Gasteiger partial charge in [-0.3, -0.25) is 4.79 Å². The number of benzene rings is 3. The van der Waals surface area contributed by atoms with Crippen molar-refractivity contribution in [3.63, 3.8) is 0 Å². The van der Waals surface area contributed by atoms with Crippen LogP contribution >= 0.6 is 35.0 Å². The normalized spacial score (nSPS) is 10.7. The summed E-state index contributed by atoms with van der Waals surface area (Å²) in [7, 11) is 0. The average Bonchev–Trinajstić information content (AvgIpc) is 2.70. The van der Waals surface area contributed by atoms with Crippen molar-refractivity contribution in [1.82, 2.24) is 0 Å². The third kappa shape index (κ3) is 5.99. The van der Waals surface area contributed by atoms with Crippen LogP contribution in [-0.2, 0) is 12.4 Å². The van der Waals surface area contributed by atoms with Gasteiger partial charge in [-0.1, -0.05) is 41.4 Å². The van der Waals surface area contributed by atoms with Crippen LogP contribution in [0.5, 0.6) is 5.75 Å². The molecule has 0 amide bonds. The molecular formula is C22H17Cl2FO2S. The van der Waals surface area contributed by atoms with Gasteiger partial charge >= 0.3 is 0 Å². The van der Waals surface area contributed by atoms with Gasteiger partial charge in [0.05, 0.1) is 15.8 Å². The van der Waals surface area contributed by atoms with Gasteiger partial charge in [0.2, 0.25) is 0 Å². The highest BCUT2D eigenvalue weighted by Crippen LogP contribution is 2.25.